The first-order chi connectivity index (χ1) is 9.11. The molecule has 19 heavy (non-hydrogen) atoms. The predicted molar refractivity (Wildman–Crippen MR) is 79.3 cm³/mol. The Labute approximate surface area is 124 Å². The second kappa shape index (κ2) is 6.48. The first-order valence-electron chi connectivity index (χ1n) is 5.76. The van der Waals surface area contributed by atoms with Crippen LogP contribution < -0.4 is 11.3 Å². The normalized spacial score (nSPS) is 12.4. The van der Waals surface area contributed by atoms with Crippen molar-refractivity contribution < 1.29 is 4.39 Å². The van der Waals surface area contributed by atoms with E-state index in [9.17, 15) is 4.39 Å². The molecule has 0 fully saturated rings. The molecule has 2 aromatic rings. The zero-order valence-corrected chi connectivity index (χ0v) is 12.4. The number of rotatable bonds is 4. The molecule has 3 N–H and O–H groups in total. The molecule has 0 saturated carbocycles. The van der Waals surface area contributed by atoms with Crippen LogP contribution in [0.15, 0.2) is 46.9 Å². The fraction of sp³-hybridized carbons (Fsp3) is 0.143. The summed E-state index contributed by atoms with van der Waals surface area (Å²) in [5.74, 6) is 5.18. The van der Waals surface area contributed by atoms with Gasteiger partial charge >= 0.3 is 0 Å². The van der Waals surface area contributed by atoms with Crippen molar-refractivity contribution in [2.24, 2.45) is 5.84 Å². The summed E-state index contributed by atoms with van der Waals surface area (Å²) in [5.41, 5.74) is 4.07. The van der Waals surface area contributed by atoms with Gasteiger partial charge in [-0.1, -0.05) is 45.7 Å². The smallest absolute Gasteiger partial charge is 0.129 e. The number of nitrogens with two attached hydrogens (primary N) is 1. The Morgan fingerprint density at radius 3 is 2.47 bits per heavy atom. The third kappa shape index (κ3) is 3.54. The van der Waals surface area contributed by atoms with Crippen LogP contribution in [0.1, 0.15) is 17.2 Å². The van der Waals surface area contributed by atoms with Crippen LogP contribution in [0.25, 0.3) is 0 Å². The SMILES string of the molecule is NNC(Cc1ccc(Br)cc1)c1c(F)cccc1Cl. The van der Waals surface area contributed by atoms with E-state index in [0.29, 0.717) is 17.0 Å². The molecule has 0 amide bonds. The Balaban J connectivity index is 2.27. The Kier molecular flexibility index (Phi) is 4.93. The van der Waals surface area contributed by atoms with Crippen LogP contribution in [0, 0.1) is 5.82 Å². The van der Waals surface area contributed by atoms with Crippen molar-refractivity contribution >= 4 is 27.5 Å². The molecule has 0 saturated heterocycles. The Morgan fingerprint density at radius 1 is 1.21 bits per heavy atom. The van der Waals surface area contributed by atoms with Gasteiger partial charge in [0.15, 0.2) is 0 Å². The number of hydrogen-bond acceptors (Lipinski definition) is 2. The van der Waals surface area contributed by atoms with Crippen molar-refractivity contribution in [3.05, 3.63) is 68.9 Å². The van der Waals surface area contributed by atoms with Crippen LogP contribution in [0.4, 0.5) is 4.39 Å². The van der Waals surface area contributed by atoms with Crippen LogP contribution in [-0.4, -0.2) is 0 Å². The quantitative estimate of drug-likeness (QED) is 0.651. The monoisotopic (exact) mass is 342 g/mol. The molecule has 1 unspecified atom stereocenters. The average Bonchev–Trinajstić information content (AvgIpc) is 2.39. The highest BCUT2D eigenvalue weighted by Gasteiger charge is 2.18. The number of hydrogen-bond donors (Lipinski definition) is 2. The fourth-order valence-electron chi connectivity index (χ4n) is 1.94. The molecule has 2 aromatic carbocycles. The molecule has 0 spiro atoms. The summed E-state index contributed by atoms with van der Waals surface area (Å²) in [5, 5.41) is 0.375. The molecule has 1 atom stereocenters. The second-order valence-corrected chi connectivity index (χ2v) is 5.51. The minimum Gasteiger partial charge on any atom is -0.271 e. The zero-order valence-electron chi connectivity index (χ0n) is 10.0. The van der Waals surface area contributed by atoms with Crippen LogP contribution in [0.2, 0.25) is 5.02 Å². The molecular formula is C14H13BrClFN2. The van der Waals surface area contributed by atoms with E-state index in [-0.39, 0.29) is 11.9 Å². The molecule has 2 nitrogen and oxygen atoms in total. The van der Waals surface area contributed by atoms with Crippen LogP contribution in [0.5, 0.6) is 0 Å². The summed E-state index contributed by atoms with van der Waals surface area (Å²) in [6, 6.07) is 12.0. The number of halogens is 3. The standard InChI is InChI=1S/C14H13BrClFN2/c15-10-6-4-9(5-7-10)8-13(19-18)14-11(16)2-1-3-12(14)17/h1-7,13,19H,8,18H2. The highest BCUT2D eigenvalue weighted by atomic mass is 79.9. The van der Waals surface area contributed by atoms with E-state index in [1.165, 1.54) is 6.07 Å². The summed E-state index contributed by atoms with van der Waals surface area (Å²) in [7, 11) is 0. The lowest BCUT2D eigenvalue weighted by Gasteiger charge is -2.18. The fourth-order valence-corrected chi connectivity index (χ4v) is 2.50. The van der Waals surface area contributed by atoms with Gasteiger partial charge in [0.05, 0.1) is 6.04 Å². The molecule has 0 aromatic heterocycles. The maximum atomic E-state index is 13.9. The molecule has 0 aliphatic rings. The molecule has 2 rings (SSSR count). The van der Waals surface area contributed by atoms with E-state index in [1.807, 2.05) is 24.3 Å². The molecule has 0 radical (unpaired) electrons. The molecule has 0 aliphatic heterocycles. The highest BCUT2D eigenvalue weighted by molar-refractivity contribution is 9.10. The maximum Gasteiger partial charge on any atom is 0.129 e. The first kappa shape index (κ1) is 14.5. The second-order valence-electron chi connectivity index (χ2n) is 4.19. The van der Waals surface area contributed by atoms with Crippen molar-refractivity contribution in [1.29, 1.82) is 0 Å². The van der Waals surface area contributed by atoms with E-state index in [0.717, 1.165) is 10.0 Å². The molecule has 0 aliphatic carbocycles. The van der Waals surface area contributed by atoms with Gasteiger partial charge in [0.25, 0.3) is 0 Å². The van der Waals surface area contributed by atoms with Gasteiger partial charge in [-0.15, -0.1) is 0 Å². The van der Waals surface area contributed by atoms with Crippen molar-refractivity contribution in [2.75, 3.05) is 0 Å². The van der Waals surface area contributed by atoms with E-state index in [4.69, 9.17) is 17.4 Å². The zero-order chi connectivity index (χ0) is 13.8. The van der Waals surface area contributed by atoms with E-state index >= 15 is 0 Å². The van der Waals surface area contributed by atoms with Crippen LogP contribution >= 0.6 is 27.5 Å². The summed E-state index contributed by atoms with van der Waals surface area (Å²) >= 11 is 9.43. The van der Waals surface area contributed by atoms with Crippen molar-refractivity contribution in [1.82, 2.24) is 5.43 Å². The van der Waals surface area contributed by atoms with Gasteiger partial charge in [0.2, 0.25) is 0 Å². The van der Waals surface area contributed by atoms with Crippen molar-refractivity contribution in [3.8, 4) is 0 Å². The summed E-state index contributed by atoms with van der Waals surface area (Å²) in [6.07, 6.45) is 0.560. The third-order valence-corrected chi connectivity index (χ3v) is 3.76. The minimum absolute atomic E-state index is 0.354. The summed E-state index contributed by atoms with van der Waals surface area (Å²) < 4.78 is 14.9. The Bertz CT molecular complexity index is 540. The van der Waals surface area contributed by atoms with Gasteiger partial charge in [-0.3, -0.25) is 11.3 Å². The maximum absolute atomic E-state index is 13.9. The largest absolute Gasteiger partial charge is 0.271 e. The van der Waals surface area contributed by atoms with Crippen molar-refractivity contribution in [2.45, 2.75) is 12.5 Å². The van der Waals surface area contributed by atoms with Gasteiger partial charge in [-0.25, -0.2) is 4.39 Å². The summed E-state index contributed by atoms with van der Waals surface area (Å²) in [6.45, 7) is 0. The molecule has 0 heterocycles. The van der Waals surface area contributed by atoms with Gasteiger partial charge in [0.1, 0.15) is 5.82 Å². The lowest BCUT2D eigenvalue weighted by Crippen LogP contribution is -2.30. The Morgan fingerprint density at radius 2 is 1.89 bits per heavy atom. The molecular weight excluding hydrogens is 331 g/mol. The molecule has 0 bridgehead atoms. The van der Waals surface area contributed by atoms with Gasteiger partial charge in [-0.2, -0.15) is 0 Å². The lowest BCUT2D eigenvalue weighted by molar-refractivity contribution is 0.511. The van der Waals surface area contributed by atoms with E-state index < -0.39 is 0 Å². The number of nitrogens with one attached hydrogen (secondary N) is 1. The topological polar surface area (TPSA) is 38.0 Å². The number of hydrazine groups is 1. The number of benzene rings is 2. The molecule has 100 valence electrons. The van der Waals surface area contributed by atoms with Gasteiger partial charge in [0, 0.05) is 15.1 Å². The lowest BCUT2D eigenvalue weighted by atomic mass is 9.99. The van der Waals surface area contributed by atoms with E-state index in [1.54, 1.807) is 12.1 Å². The van der Waals surface area contributed by atoms with Gasteiger partial charge < -0.3 is 0 Å². The minimum atomic E-state index is -0.366. The van der Waals surface area contributed by atoms with Crippen LogP contribution in [0.3, 0.4) is 0 Å². The predicted octanol–water partition coefficient (Wildman–Crippen LogP) is 3.99. The first-order valence-corrected chi connectivity index (χ1v) is 6.93. The van der Waals surface area contributed by atoms with Crippen molar-refractivity contribution in [3.63, 3.8) is 0 Å². The average molecular weight is 344 g/mol. The molecule has 5 heteroatoms. The highest BCUT2D eigenvalue weighted by Crippen LogP contribution is 2.28. The van der Waals surface area contributed by atoms with Crippen LogP contribution in [-0.2, 0) is 6.42 Å². The third-order valence-electron chi connectivity index (χ3n) is 2.90. The summed E-state index contributed by atoms with van der Waals surface area (Å²) in [4.78, 5) is 0. The van der Waals surface area contributed by atoms with Gasteiger partial charge in [-0.05, 0) is 36.2 Å². The van der Waals surface area contributed by atoms with E-state index in [2.05, 4.69) is 21.4 Å². The Hall–Kier alpha value is -0.940.